The molecule has 1 unspecified atom stereocenters. The van der Waals surface area contributed by atoms with Crippen molar-refractivity contribution in [2.75, 3.05) is 5.32 Å². The van der Waals surface area contributed by atoms with Gasteiger partial charge in [0.1, 0.15) is 0 Å². The van der Waals surface area contributed by atoms with Crippen LogP contribution in [0.15, 0.2) is 30.7 Å². The smallest absolute Gasteiger partial charge is 0.0995 e. The molecule has 3 rings (SSSR count). The molecule has 0 saturated heterocycles. The van der Waals surface area contributed by atoms with E-state index in [1.165, 1.54) is 5.69 Å². The van der Waals surface area contributed by atoms with Crippen molar-refractivity contribution in [3.8, 4) is 5.69 Å². The zero-order chi connectivity index (χ0) is 10.4. The van der Waals surface area contributed by atoms with Crippen LogP contribution in [0.25, 0.3) is 5.69 Å². The largest absolute Gasteiger partial charge is 0.375 e. The fourth-order valence-corrected chi connectivity index (χ4v) is 2.14. The minimum absolute atomic E-state index is 0.262. The molecule has 0 aliphatic carbocycles. The van der Waals surface area contributed by atoms with Gasteiger partial charge in [-0.05, 0) is 25.1 Å². The summed E-state index contributed by atoms with van der Waals surface area (Å²) in [4.78, 5) is 4.17. The third kappa shape index (κ3) is 1.23. The van der Waals surface area contributed by atoms with Crippen molar-refractivity contribution < 1.29 is 0 Å². The molecule has 3 nitrogen and oxygen atoms in total. The van der Waals surface area contributed by atoms with E-state index >= 15 is 0 Å². The molecule has 0 fully saturated rings. The fraction of sp³-hybridized carbons (Fsp3) is 0.182. The number of aromatic nitrogens is 2. The van der Waals surface area contributed by atoms with Crippen LogP contribution in [0.2, 0.25) is 5.02 Å². The molecule has 1 aliphatic heterocycles. The van der Waals surface area contributed by atoms with Gasteiger partial charge in [0.05, 0.1) is 35.6 Å². The molecular formula is C11H10ClN3. The Bertz CT molecular complexity index is 518. The predicted molar refractivity (Wildman–Crippen MR) is 60.6 cm³/mol. The Kier molecular flexibility index (Phi) is 1.76. The van der Waals surface area contributed by atoms with Gasteiger partial charge in [0, 0.05) is 5.02 Å². The number of hydrogen-bond acceptors (Lipinski definition) is 2. The van der Waals surface area contributed by atoms with Crippen LogP contribution < -0.4 is 5.32 Å². The number of nitrogens with zero attached hydrogens (tertiary/aromatic N) is 2. The number of rotatable bonds is 0. The minimum Gasteiger partial charge on any atom is -0.375 e. The van der Waals surface area contributed by atoms with Gasteiger partial charge in [-0.15, -0.1) is 0 Å². The van der Waals surface area contributed by atoms with E-state index in [0.29, 0.717) is 0 Å². The van der Waals surface area contributed by atoms with Gasteiger partial charge in [-0.2, -0.15) is 0 Å². The van der Waals surface area contributed by atoms with Crippen LogP contribution in [-0.2, 0) is 0 Å². The van der Waals surface area contributed by atoms with E-state index in [-0.39, 0.29) is 6.04 Å². The summed E-state index contributed by atoms with van der Waals surface area (Å²) < 4.78 is 2.09. The molecule has 76 valence electrons. The molecule has 15 heavy (non-hydrogen) atoms. The quantitative estimate of drug-likeness (QED) is 0.738. The van der Waals surface area contributed by atoms with E-state index in [1.54, 1.807) is 0 Å². The first-order chi connectivity index (χ1) is 7.25. The van der Waals surface area contributed by atoms with E-state index in [9.17, 15) is 0 Å². The number of fused-ring (bicyclic) bond motifs is 3. The van der Waals surface area contributed by atoms with Gasteiger partial charge in [-0.3, -0.25) is 4.57 Å². The lowest BCUT2D eigenvalue weighted by Gasteiger charge is -2.26. The average molecular weight is 220 g/mol. The van der Waals surface area contributed by atoms with Gasteiger partial charge >= 0.3 is 0 Å². The molecule has 2 aromatic rings. The van der Waals surface area contributed by atoms with Crippen LogP contribution >= 0.6 is 11.6 Å². The Labute approximate surface area is 92.7 Å². The first-order valence-corrected chi connectivity index (χ1v) is 5.22. The zero-order valence-corrected chi connectivity index (χ0v) is 8.99. The zero-order valence-electron chi connectivity index (χ0n) is 8.24. The number of halogens is 1. The van der Waals surface area contributed by atoms with Gasteiger partial charge < -0.3 is 5.32 Å². The highest BCUT2D eigenvalue weighted by molar-refractivity contribution is 6.31. The molecule has 0 bridgehead atoms. The number of hydrogen-bond donors (Lipinski definition) is 1. The first kappa shape index (κ1) is 8.80. The molecule has 1 atom stereocenters. The lowest BCUT2D eigenvalue weighted by Crippen LogP contribution is -2.18. The Morgan fingerprint density at radius 1 is 1.47 bits per heavy atom. The molecule has 2 heterocycles. The number of benzene rings is 1. The van der Waals surface area contributed by atoms with Crippen LogP contribution in [0.1, 0.15) is 18.7 Å². The van der Waals surface area contributed by atoms with E-state index in [1.807, 2.05) is 30.7 Å². The summed E-state index contributed by atoms with van der Waals surface area (Å²) in [7, 11) is 0. The van der Waals surface area contributed by atoms with Crippen LogP contribution in [0.3, 0.4) is 0 Å². The number of imidazole rings is 1. The second-order valence-corrected chi connectivity index (χ2v) is 4.15. The Morgan fingerprint density at radius 2 is 2.33 bits per heavy atom. The molecule has 1 aromatic carbocycles. The van der Waals surface area contributed by atoms with E-state index in [2.05, 4.69) is 21.8 Å². The Balaban J connectivity index is 2.27. The molecule has 0 saturated carbocycles. The summed E-state index contributed by atoms with van der Waals surface area (Å²) in [5.41, 5.74) is 3.33. The summed E-state index contributed by atoms with van der Waals surface area (Å²) in [6.07, 6.45) is 3.72. The number of nitrogens with one attached hydrogen (secondary N) is 1. The van der Waals surface area contributed by atoms with E-state index < -0.39 is 0 Å². The lowest BCUT2D eigenvalue weighted by atomic mass is 10.1. The van der Waals surface area contributed by atoms with Crippen molar-refractivity contribution >= 4 is 17.3 Å². The van der Waals surface area contributed by atoms with Crippen LogP contribution in [0.5, 0.6) is 0 Å². The molecular weight excluding hydrogens is 210 g/mol. The predicted octanol–water partition coefficient (Wildman–Crippen LogP) is 3.01. The lowest BCUT2D eigenvalue weighted by molar-refractivity contribution is 0.774. The molecule has 1 aliphatic rings. The second-order valence-electron chi connectivity index (χ2n) is 3.72. The summed E-state index contributed by atoms with van der Waals surface area (Å²) in [6.45, 7) is 2.11. The average Bonchev–Trinajstić information content (AvgIpc) is 2.66. The van der Waals surface area contributed by atoms with Gasteiger partial charge in [-0.1, -0.05) is 11.6 Å². The highest BCUT2D eigenvalue weighted by Gasteiger charge is 2.20. The molecule has 4 heteroatoms. The van der Waals surface area contributed by atoms with Crippen molar-refractivity contribution in [1.82, 2.24) is 9.55 Å². The maximum Gasteiger partial charge on any atom is 0.0995 e. The van der Waals surface area contributed by atoms with Gasteiger partial charge in [-0.25, -0.2) is 4.98 Å². The fourth-order valence-electron chi connectivity index (χ4n) is 1.97. The third-order valence-electron chi connectivity index (χ3n) is 2.70. The standard InChI is InChI=1S/C11H10ClN3/c1-7-11-5-13-6-15(11)10-3-2-8(12)4-9(10)14-7/h2-7,14H,1H3. The maximum absolute atomic E-state index is 5.96. The maximum atomic E-state index is 5.96. The van der Waals surface area contributed by atoms with Crippen molar-refractivity contribution in [2.24, 2.45) is 0 Å². The monoisotopic (exact) mass is 219 g/mol. The summed E-state index contributed by atoms with van der Waals surface area (Å²) >= 11 is 5.96. The SMILES string of the molecule is CC1Nc2cc(Cl)ccc2-n2cncc21. The molecule has 0 radical (unpaired) electrons. The molecule has 0 amide bonds. The highest BCUT2D eigenvalue weighted by atomic mass is 35.5. The highest BCUT2D eigenvalue weighted by Crippen LogP contribution is 2.34. The minimum atomic E-state index is 0.262. The normalized spacial score (nSPS) is 17.9. The molecule has 1 aromatic heterocycles. The van der Waals surface area contributed by atoms with Crippen LogP contribution in [0.4, 0.5) is 5.69 Å². The summed E-state index contributed by atoms with van der Waals surface area (Å²) in [6, 6.07) is 6.10. The summed E-state index contributed by atoms with van der Waals surface area (Å²) in [5.74, 6) is 0. The Morgan fingerprint density at radius 3 is 3.20 bits per heavy atom. The van der Waals surface area contributed by atoms with Gasteiger partial charge in [0.15, 0.2) is 0 Å². The van der Waals surface area contributed by atoms with Crippen molar-refractivity contribution in [1.29, 1.82) is 0 Å². The van der Waals surface area contributed by atoms with Gasteiger partial charge in [0.25, 0.3) is 0 Å². The molecule has 0 spiro atoms. The Hall–Kier alpha value is -1.48. The second kappa shape index (κ2) is 3.00. The van der Waals surface area contributed by atoms with Gasteiger partial charge in [0.2, 0.25) is 0 Å². The number of anilines is 1. The molecule has 1 N–H and O–H groups in total. The van der Waals surface area contributed by atoms with Crippen LogP contribution in [-0.4, -0.2) is 9.55 Å². The van der Waals surface area contributed by atoms with Crippen LogP contribution in [0, 0.1) is 0 Å². The van der Waals surface area contributed by atoms with E-state index in [0.717, 1.165) is 16.4 Å². The third-order valence-corrected chi connectivity index (χ3v) is 2.94. The van der Waals surface area contributed by atoms with E-state index in [4.69, 9.17) is 11.6 Å². The van der Waals surface area contributed by atoms with Crippen molar-refractivity contribution in [3.05, 3.63) is 41.4 Å². The topological polar surface area (TPSA) is 29.9 Å². The van der Waals surface area contributed by atoms with Crippen molar-refractivity contribution in [3.63, 3.8) is 0 Å². The summed E-state index contributed by atoms with van der Waals surface area (Å²) in [5, 5.41) is 4.14. The first-order valence-electron chi connectivity index (χ1n) is 4.84. The van der Waals surface area contributed by atoms with Crippen molar-refractivity contribution in [2.45, 2.75) is 13.0 Å².